The van der Waals surface area contributed by atoms with Gasteiger partial charge in [-0.1, -0.05) is 13.8 Å². The number of nitrogens with zero attached hydrogens (tertiary/aromatic N) is 2. The van der Waals surface area contributed by atoms with Crippen LogP contribution in [0.5, 0.6) is 0 Å². The van der Waals surface area contributed by atoms with Crippen LogP contribution in [0.1, 0.15) is 42.0 Å². The van der Waals surface area contributed by atoms with E-state index in [2.05, 4.69) is 18.9 Å². The molecule has 2 rings (SSSR count). The Morgan fingerprint density at radius 2 is 2.31 bits per heavy atom. The predicted molar refractivity (Wildman–Crippen MR) is 59.1 cm³/mol. The summed E-state index contributed by atoms with van der Waals surface area (Å²) in [5.41, 5.74) is 1.48. The summed E-state index contributed by atoms with van der Waals surface area (Å²) in [5.74, 6) is -1.08. The summed E-state index contributed by atoms with van der Waals surface area (Å²) in [6.45, 7) is 4.19. The van der Waals surface area contributed by atoms with E-state index in [0.717, 1.165) is 10.5 Å². The molecule has 0 spiro atoms. The summed E-state index contributed by atoms with van der Waals surface area (Å²) < 4.78 is 13.8. The first kappa shape index (κ1) is 11.4. The number of aromatic carboxylic acids is 1. The highest BCUT2D eigenvalue weighted by Gasteiger charge is 2.33. The fourth-order valence-electron chi connectivity index (χ4n) is 2.13. The summed E-state index contributed by atoms with van der Waals surface area (Å²) in [5, 5.41) is 12.8. The van der Waals surface area contributed by atoms with Gasteiger partial charge in [0.25, 0.3) is 0 Å². The average molecular weight is 244 g/mol. The number of halogens is 1. The van der Waals surface area contributed by atoms with Gasteiger partial charge in [0, 0.05) is 5.56 Å². The number of carboxylic acids is 1. The van der Waals surface area contributed by atoms with Gasteiger partial charge in [-0.05, 0) is 24.7 Å². The number of carboxylic acid groups (broad SMARTS) is 1. The van der Waals surface area contributed by atoms with Gasteiger partial charge in [0.05, 0.1) is 5.69 Å². The molecular formula is C10H13FN2O2S. The quantitative estimate of drug-likeness (QED) is 0.868. The third kappa shape index (κ3) is 1.81. The van der Waals surface area contributed by atoms with E-state index in [9.17, 15) is 8.68 Å². The van der Waals surface area contributed by atoms with Gasteiger partial charge in [0.1, 0.15) is 0 Å². The zero-order valence-corrected chi connectivity index (χ0v) is 9.97. The molecule has 0 bridgehead atoms. The van der Waals surface area contributed by atoms with E-state index < -0.39 is 5.97 Å². The fraction of sp³-hybridized carbons (Fsp3) is 0.600. The van der Waals surface area contributed by atoms with E-state index in [4.69, 9.17) is 5.11 Å². The maximum absolute atomic E-state index is 12.7. The molecule has 1 heterocycles. The molecule has 1 N–H and O–H groups in total. The largest absolute Gasteiger partial charge is 0.476 e. The molecule has 1 aliphatic carbocycles. The van der Waals surface area contributed by atoms with Gasteiger partial charge >= 0.3 is 5.97 Å². The average Bonchev–Trinajstić information content (AvgIpc) is 2.54. The number of fused-ring (bicyclic) bond motifs is 1. The maximum atomic E-state index is 12.7. The summed E-state index contributed by atoms with van der Waals surface area (Å²) in [6, 6.07) is 0. The molecule has 88 valence electrons. The van der Waals surface area contributed by atoms with Crippen molar-refractivity contribution in [2.75, 3.05) is 0 Å². The standard InChI is InChI=1S/C10H13FN2O2S/c1-10(2)4-3-6-7(5-10)13(16-11)12-8(6)9(14)15/h3-5H2,1-2H3,(H,14,15). The highest BCUT2D eigenvalue weighted by Crippen LogP contribution is 2.37. The van der Waals surface area contributed by atoms with Crippen LogP contribution < -0.4 is 0 Å². The molecule has 0 aromatic carbocycles. The molecule has 4 nitrogen and oxygen atoms in total. The first-order chi connectivity index (χ1) is 7.44. The molecule has 1 aliphatic rings. The third-order valence-corrected chi connectivity index (χ3v) is 3.45. The summed E-state index contributed by atoms with van der Waals surface area (Å²) in [4.78, 5) is 11.0. The van der Waals surface area contributed by atoms with Crippen molar-refractivity contribution in [1.82, 2.24) is 9.19 Å². The van der Waals surface area contributed by atoms with Crippen LogP contribution in [-0.2, 0) is 12.8 Å². The predicted octanol–water partition coefficient (Wildman–Crippen LogP) is 2.48. The minimum Gasteiger partial charge on any atom is -0.476 e. The Kier molecular flexibility index (Phi) is 2.69. The second-order valence-electron chi connectivity index (χ2n) is 4.86. The van der Waals surface area contributed by atoms with Crippen LogP contribution >= 0.6 is 12.3 Å². The molecule has 16 heavy (non-hydrogen) atoms. The van der Waals surface area contributed by atoms with Crippen molar-refractivity contribution in [3.8, 4) is 0 Å². The lowest BCUT2D eigenvalue weighted by atomic mass is 9.76. The topological polar surface area (TPSA) is 55.1 Å². The molecule has 0 aliphatic heterocycles. The maximum Gasteiger partial charge on any atom is 0.356 e. The number of aromatic nitrogens is 2. The van der Waals surface area contributed by atoms with Gasteiger partial charge < -0.3 is 5.11 Å². The highest BCUT2D eigenvalue weighted by atomic mass is 32.2. The lowest BCUT2D eigenvalue weighted by Gasteiger charge is -2.29. The van der Waals surface area contributed by atoms with Crippen molar-refractivity contribution in [2.24, 2.45) is 5.41 Å². The molecule has 0 radical (unpaired) electrons. The van der Waals surface area contributed by atoms with Crippen LogP contribution in [0.15, 0.2) is 0 Å². The molecule has 0 saturated heterocycles. The molecule has 0 atom stereocenters. The summed E-state index contributed by atoms with van der Waals surface area (Å²) in [7, 11) is 0. The van der Waals surface area contributed by atoms with Crippen LogP contribution in [0.3, 0.4) is 0 Å². The van der Waals surface area contributed by atoms with Crippen molar-refractivity contribution >= 4 is 18.3 Å². The third-order valence-electron chi connectivity index (χ3n) is 3.02. The van der Waals surface area contributed by atoms with Crippen LogP contribution in [0.2, 0.25) is 0 Å². The van der Waals surface area contributed by atoms with Crippen molar-refractivity contribution in [1.29, 1.82) is 0 Å². The molecule has 0 amide bonds. The van der Waals surface area contributed by atoms with Crippen molar-refractivity contribution in [3.05, 3.63) is 17.0 Å². The lowest BCUT2D eigenvalue weighted by Crippen LogP contribution is -2.23. The van der Waals surface area contributed by atoms with E-state index in [1.54, 1.807) is 0 Å². The summed E-state index contributed by atoms with van der Waals surface area (Å²) in [6.07, 6.45) is 2.23. The monoisotopic (exact) mass is 244 g/mol. The molecule has 1 aromatic heterocycles. The number of carbonyl (C=O) groups is 1. The molecule has 1 aromatic rings. The SMILES string of the molecule is CC1(C)CCc2c(C(=O)O)nn(SF)c2C1. The van der Waals surface area contributed by atoms with E-state index in [0.29, 0.717) is 24.1 Å². The minimum atomic E-state index is -1.08. The second kappa shape index (κ2) is 3.76. The van der Waals surface area contributed by atoms with Gasteiger partial charge in [0.15, 0.2) is 18.0 Å². The Bertz CT molecular complexity index is 442. The molecule has 0 unspecified atom stereocenters. The van der Waals surface area contributed by atoms with Gasteiger partial charge in [-0.25, -0.2) is 4.79 Å². The highest BCUT2D eigenvalue weighted by molar-refractivity contribution is 7.92. The summed E-state index contributed by atoms with van der Waals surface area (Å²) >= 11 is -0.0354. The van der Waals surface area contributed by atoms with E-state index in [1.165, 1.54) is 0 Å². The van der Waals surface area contributed by atoms with Crippen molar-refractivity contribution < 1.29 is 13.8 Å². The molecular weight excluding hydrogens is 231 g/mol. The molecule has 6 heteroatoms. The zero-order valence-electron chi connectivity index (χ0n) is 9.16. The molecule has 0 fully saturated rings. The Morgan fingerprint density at radius 1 is 1.62 bits per heavy atom. The molecule has 0 saturated carbocycles. The Labute approximate surface area is 97.3 Å². The number of rotatable bonds is 2. The van der Waals surface area contributed by atoms with Gasteiger partial charge in [-0.2, -0.15) is 9.19 Å². The van der Waals surface area contributed by atoms with Crippen LogP contribution in [0.25, 0.3) is 0 Å². The van der Waals surface area contributed by atoms with Gasteiger partial charge in [-0.15, -0.1) is 3.89 Å². The normalized spacial score (nSPS) is 18.2. The Morgan fingerprint density at radius 3 is 2.88 bits per heavy atom. The number of hydrogen-bond donors (Lipinski definition) is 1. The lowest BCUT2D eigenvalue weighted by molar-refractivity contribution is 0.0688. The van der Waals surface area contributed by atoms with Gasteiger partial charge in [-0.3, -0.25) is 0 Å². The fourth-order valence-corrected chi connectivity index (χ4v) is 2.51. The Hall–Kier alpha value is -1.04. The minimum absolute atomic E-state index is 0.00403. The first-order valence-corrected chi connectivity index (χ1v) is 5.75. The van der Waals surface area contributed by atoms with Crippen LogP contribution in [0, 0.1) is 5.41 Å². The van der Waals surface area contributed by atoms with E-state index >= 15 is 0 Å². The van der Waals surface area contributed by atoms with Crippen molar-refractivity contribution in [3.63, 3.8) is 0 Å². The second-order valence-corrected chi connectivity index (χ2v) is 5.35. The van der Waals surface area contributed by atoms with Crippen molar-refractivity contribution in [2.45, 2.75) is 33.1 Å². The van der Waals surface area contributed by atoms with Crippen LogP contribution in [-0.4, -0.2) is 20.3 Å². The van der Waals surface area contributed by atoms with Gasteiger partial charge in [0.2, 0.25) is 0 Å². The zero-order chi connectivity index (χ0) is 11.9. The number of hydrogen-bond acceptors (Lipinski definition) is 3. The van der Waals surface area contributed by atoms with Crippen LogP contribution in [0.4, 0.5) is 3.89 Å². The van der Waals surface area contributed by atoms with E-state index in [-0.39, 0.29) is 23.4 Å². The smallest absolute Gasteiger partial charge is 0.356 e. The van der Waals surface area contributed by atoms with E-state index in [1.807, 2.05) is 0 Å². The Balaban J connectivity index is 2.50. The first-order valence-electron chi connectivity index (χ1n) is 5.08.